The SMILES string of the molecule is COc1ccc(C2=C(c3cc[nH+]cc3)C3C=CC2C3)cc1. The van der Waals surface area contributed by atoms with Crippen LogP contribution in [-0.2, 0) is 0 Å². The molecule has 1 N–H and O–H groups in total. The summed E-state index contributed by atoms with van der Waals surface area (Å²) in [6.45, 7) is 0. The van der Waals surface area contributed by atoms with E-state index in [1.165, 1.54) is 28.7 Å². The number of hydrogen-bond acceptors (Lipinski definition) is 1. The summed E-state index contributed by atoms with van der Waals surface area (Å²) in [6, 6.07) is 12.8. The molecule has 2 aliphatic rings. The number of hydrogen-bond donors (Lipinski definition) is 0. The van der Waals surface area contributed by atoms with Crippen molar-refractivity contribution in [2.24, 2.45) is 11.8 Å². The maximum absolute atomic E-state index is 5.27. The molecular formula is C19H18NO+. The van der Waals surface area contributed by atoms with E-state index in [2.05, 4.69) is 53.5 Å². The zero-order valence-electron chi connectivity index (χ0n) is 12.0. The molecule has 0 spiro atoms. The molecule has 2 bridgehead atoms. The number of aromatic amines is 1. The summed E-state index contributed by atoms with van der Waals surface area (Å²) in [5, 5.41) is 0. The normalized spacial score (nSPS) is 22.9. The number of methoxy groups -OCH3 is 1. The standard InChI is InChI=1S/C19H17NO/c1-21-17-6-4-13(5-7-17)18-15-2-3-16(12-15)19(18)14-8-10-20-11-9-14/h2-11,15-16H,12H2,1H3/p+1. The third kappa shape index (κ3) is 1.99. The number of pyridine rings is 1. The second-order valence-corrected chi connectivity index (χ2v) is 5.68. The lowest BCUT2D eigenvalue weighted by Crippen LogP contribution is -2.02. The van der Waals surface area contributed by atoms with E-state index >= 15 is 0 Å². The first-order valence-corrected chi connectivity index (χ1v) is 7.40. The van der Waals surface area contributed by atoms with Crippen molar-refractivity contribution in [2.45, 2.75) is 6.42 Å². The highest BCUT2D eigenvalue weighted by molar-refractivity contribution is 5.97. The van der Waals surface area contributed by atoms with E-state index in [9.17, 15) is 0 Å². The fourth-order valence-corrected chi connectivity index (χ4v) is 3.60. The van der Waals surface area contributed by atoms with Crippen molar-refractivity contribution >= 4 is 11.1 Å². The third-order valence-corrected chi connectivity index (χ3v) is 4.55. The summed E-state index contributed by atoms with van der Waals surface area (Å²) in [4.78, 5) is 3.11. The molecule has 1 heterocycles. The molecule has 0 fully saturated rings. The molecule has 0 amide bonds. The summed E-state index contributed by atoms with van der Waals surface area (Å²) in [5.41, 5.74) is 5.62. The molecule has 2 nitrogen and oxygen atoms in total. The molecule has 1 aromatic carbocycles. The fraction of sp³-hybridized carbons (Fsp3) is 0.211. The lowest BCUT2D eigenvalue weighted by Gasteiger charge is -2.17. The second kappa shape index (κ2) is 4.88. The van der Waals surface area contributed by atoms with Gasteiger partial charge in [-0.1, -0.05) is 24.3 Å². The van der Waals surface area contributed by atoms with Gasteiger partial charge in [0.05, 0.1) is 7.11 Å². The highest BCUT2D eigenvalue weighted by Gasteiger charge is 2.36. The van der Waals surface area contributed by atoms with Crippen molar-refractivity contribution in [1.82, 2.24) is 0 Å². The van der Waals surface area contributed by atoms with Gasteiger partial charge in [0.1, 0.15) is 5.75 Å². The zero-order valence-corrected chi connectivity index (χ0v) is 12.0. The molecule has 21 heavy (non-hydrogen) atoms. The number of nitrogens with one attached hydrogen (secondary N) is 1. The van der Waals surface area contributed by atoms with Crippen molar-refractivity contribution in [3.05, 3.63) is 72.1 Å². The number of allylic oxidation sites excluding steroid dienone is 4. The molecule has 2 aliphatic carbocycles. The molecule has 4 rings (SSSR count). The molecule has 2 atom stereocenters. The average molecular weight is 276 g/mol. The van der Waals surface area contributed by atoms with Crippen LogP contribution in [0.2, 0.25) is 0 Å². The summed E-state index contributed by atoms with van der Waals surface area (Å²) < 4.78 is 5.27. The Bertz CT molecular complexity index is 713. The Morgan fingerprint density at radius 2 is 1.43 bits per heavy atom. The molecule has 2 aromatic rings. The van der Waals surface area contributed by atoms with Gasteiger partial charge in [-0.2, -0.15) is 0 Å². The van der Waals surface area contributed by atoms with Gasteiger partial charge in [-0.15, -0.1) is 0 Å². The van der Waals surface area contributed by atoms with Crippen LogP contribution in [0.15, 0.2) is 60.9 Å². The van der Waals surface area contributed by atoms with Gasteiger partial charge in [-0.05, 0) is 40.8 Å². The molecule has 0 aliphatic heterocycles. The average Bonchev–Trinajstić information content (AvgIpc) is 3.17. The molecule has 104 valence electrons. The zero-order chi connectivity index (χ0) is 14.2. The predicted octanol–water partition coefficient (Wildman–Crippen LogP) is 3.63. The lowest BCUT2D eigenvalue weighted by atomic mass is 9.88. The smallest absolute Gasteiger partial charge is 0.167 e. The Labute approximate surface area is 124 Å². The largest absolute Gasteiger partial charge is 0.497 e. The van der Waals surface area contributed by atoms with E-state index < -0.39 is 0 Å². The van der Waals surface area contributed by atoms with Crippen LogP contribution >= 0.6 is 0 Å². The van der Waals surface area contributed by atoms with Gasteiger partial charge < -0.3 is 4.74 Å². The first-order chi connectivity index (χ1) is 10.4. The topological polar surface area (TPSA) is 23.4 Å². The van der Waals surface area contributed by atoms with Crippen LogP contribution in [0.1, 0.15) is 17.5 Å². The van der Waals surface area contributed by atoms with Crippen molar-refractivity contribution < 1.29 is 9.72 Å². The van der Waals surface area contributed by atoms with Gasteiger partial charge >= 0.3 is 0 Å². The van der Waals surface area contributed by atoms with Crippen molar-refractivity contribution in [3.63, 3.8) is 0 Å². The first kappa shape index (κ1) is 12.4. The number of ether oxygens (including phenoxy) is 1. The maximum atomic E-state index is 5.27. The fourth-order valence-electron chi connectivity index (χ4n) is 3.60. The number of fused-ring (bicyclic) bond motifs is 2. The molecule has 0 saturated carbocycles. The van der Waals surface area contributed by atoms with E-state index in [4.69, 9.17) is 4.74 Å². The van der Waals surface area contributed by atoms with Crippen LogP contribution in [0.3, 0.4) is 0 Å². The van der Waals surface area contributed by atoms with Crippen molar-refractivity contribution in [3.8, 4) is 5.75 Å². The van der Waals surface area contributed by atoms with E-state index in [0.29, 0.717) is 11.8 Å². The molecule has 0 saturated heterocycles. The quantitative estimate of drug-likeness (QED) is 0.785. The van der Waals surface area contributed by atoms with Crippen LogP contribution in [0.4, 0.5) is 0 Å². The first-order valence-electron chi connectivity index (χ1n) is 7.40. The van der Waals surface area contributed by atoms with Gasteiger partial charge in [0, 0.05) is 24.0 Å². The van der Waals surface area contributed by atoms with Crippen molar-refractivity contribution in [1.29, 1.82) is 0 Å². The van der Waals surface area contributed by atoms with E-state index in [1.54, 1.807) is 7.11 Å². The second-order valence-electron chi connectivity index (χ2n) is 5.68. The molecule has 2 heteroatoms. The van der Waals surface area contributed by atoms with E-state index in [0.717, 1.165) is 5.75 Å². The molecule has 0 radical (unpaired) electrons. The van der Waals surface area contributed by atoms with Gasteiger partial charge in [0.15, 0.2) is 12.4 Å². The van der Waals surface area contributed by atoms with Gasteiger partial charge in [0.2, 0.25) is 0 Å². The summed E-state index contributed by atoms with van der Waals surface area (Å²) in [6.07, 6.45) is 9.95. The van der Waals surface area contributed by atoms with E-state index in [-0.39, 0.29) is 0 Å². The minimum atomic E-state index is 0.558. The Balaban J connectivity index is 1.84. The maximum Gasteiger partial charge on any atom is 0.167 e. The summed E-state index contributed by atoms with van der Waals surface area (Å²) in [5.74, 6) is 2.03. The van der Waals surface area contributed by atoms with E-state index in [1.807, 2.05) is 12.4 Å². The highest BCUT2D eigenvalue weighted by atomic mass is 16.5. The Morgan fingerprint density at radius 1 is 0.857 bits per heavy atom. The van der Waals surface area contributed by atoms with Crippen molar-refractivity contribution in [2.75, 3.05) is 7.11 Å². The number of benzene rings is 1. The number of H-pyrrole nitrogens is 1. The summed E-state index contributed by atoms with van der Waals surface area (Å²) in [7, 11) is 1.71. The van der Waals surface area contributed by atoms with Gasteiger partial charge in [0.25, 0.3) is 0 Å². The molecular weight excluding hydrogens is 258 g/mol. The lowest BCUT2D eigenvalue weighted by molar-refractivity contribution is -0.378. The highest BCUT2D eigenvalue weighted by Crippen LogP contribution is 2.52. The van der Waals surface area contributed by atoms with Gasteiger partial charge in [-0.3, -0.25) is 0 Å². The number of rotatable bonds is 3. The molecule has 2 unspecified atom stereocenters. The molecule has 1 aromatic heterocycles. The predicted molar refractivity (Wildman–Crippen MR) is 83.5 cm³/mol. The van der Waals surface area contributed by atoms with Crippen LogP contribution in [-0.4, -0.2) is 7.11 Å². The van der Waals surface area contributed by atoms with Crippen LogP contribution in [0.25, 0.3) is 11.1 Å². The minimum absolute atomic E-state index is 0.558. The number of aromatic nitrogens is 1. The minimum Gasteiger partial charge on any atom is -0.497 e. The monoisotopic (exact) mass is 276 g/mol. The van der Waals surface area contributed by atoms with Crippen LogP contribution < -0.4 is 9.72 Å². The Kier molecular flexibility index (Phi) is 2.88. The van der Waals surface area contributed by atoms with Crippen LogP contribution in [0, 0.1) is 11.8 Å². The summed E-state index contributed by atoms with van der Waals surface area (Å²) >= 11 is 0. The third-order valence-electron chi connectivity index (χ3n) is 4.55. The Hall–Kier alpha value is -2.35. The van der Waals surface area contributed by atoms with Crippen LogP contribution in [0.5, 0.6) is 5.75 Å². The Morgan fingerprint density at radius 3 is 2.00 bits per heavy atom. The van der Waals surface area contributed by atoms with Gasteiger partial charge in [-0.25, -0.2) is 4.98 Å².